The van der Waals surface area contributed by atoms with Crippen molar-refractivity contribution in [2.24, 2.45) is 11.1 Å². The van der Waals surface area contributed by atoms with Gasteiger partial charge in [0, 0.05) is 34.5 Å². The van der Waals surface area contributed by atoms with Gasteiger partial charge in [0.25, 0.3) is 0 Å². The summed E-state index contributed by atoms with van der Waals surface area (Å²) >= 11 is 0. The Labute approximate surface area is 454 Å². The summed E-state index contributed by atoms with van der Waals surface area (Å²) in [6.07, 6.45) is 22.2. The van der Waals surface area contributed by atoms with Crippen LogP contribution in [0.5, 0.6) is 0 Å². The molecule has 5 nitrogen and oxygen atoms in total. The molecule has 4 aliphatic rings. The van der Waals surface area contributed by atoms with Crippen LogP contribution in [0, 0.1) is 30.9 Å². The molecule has 0 saturated heterocycles. The quantitative estimate of drug-likeness (QED) is 0.131. The molecule has 390 valence electrons. The summed E-state index contributed by atoms with van der Waals surface area (Å²) in [5, 5.41) is 0.965. The summed E-state index contributed by atoms with van der Waals surface area (Å²) in [6.45, 7) is 21.8. The van der Waals surface area contributed by atoms with Crippen LogP contribution in [0.15, 0.2) is 191 Å². The molecular formula is C70H70F2N4O. The molecule has 0 fully saturated rings. The van der Waals surface area contributed by atoms with Crippen LogP contribution < -0.4 is 10.6 Å². The number of furan rings is 1. The average molecular weight is 1020 g/mol. The topological polar surface area (TPSA) is 58.5 Å². The van der Waals surface area contributed by atoms with Gasteiger partial charge in [-0.25, -0.2) is 13.8 Å². The molecule has 7 heteroatoms. The average Bonchev–Trinajstić information content (AvgIpc) is 3.76. The second-order valence-corrected chi connectivity index (χ2v) is 23.4. The normalized spacial score (nSPS) is 18.7. The molecule has 77 heavy (non-hydrogen) atoms. The highest BCUT2D eigenvalue weighted by Gasteiger charge is 2.52. The number of aryl methyl sites for hydroxylation is 2. The number of pyridine rings is 1. The van der Waals surface area contributed by atoms with E-state index >= 15 is 8.78 Å². The number of rotatable bonds is 11. The van der Waals surface area contributed by atoms with Crippen molar-refractivity contribution in [2.45, 2.75) is 118 Å². The number of allylic oxidation sites excluding steroid dienone is 8. The molecule has 2 N–H and O–H groups in total. The van der Waals surface area contributed by atoms with Crippen LogP contribution in [-0.4, -0.2) is 22.0 Å². The minimum atomic E-state index is -1.23. The van der Waals surface area contributed by atoms with Crippen molar-refractivity contribution in [3.63, 3.8) is 0 Å². The molecule has 2 aromatic heterocycles. The number of hydrogen-bond donors (Lipinski definition) is 1. The first-order valence-corrected chi connectivity index (χ1v) is 27.4. The lowest BCUT2D eigenvalue weighted by atomic mass is 9.65. The zero-order valence-electron chi connectivity index (χ0n) is 46.2. The fraction of sp³-hybridized carbons (Fsp3) is 0.271. The first kappa shape index (κ1) is 51.3. The molecule has 3 unspecified atom stereocenters. The number of nitrogens with two attached hydrogens (primary N) is 1. The van der Waals surface area contributed by atoms with Crippen LogP contribution in [0.3, 0.4) is 0 Å². The molecule has 0 spiro atoms. The highest BCUT2D eigenvalue weighted by atomic mass is 19.1. The summed E-state index contributed by atoms with van der Waals surface area (Å²) < 4.78 is 40.5. The predicted octanol–water partition coefficient (Wildman–Crippen LogP) is 18.2. The molecule has 4 aliphatic carbocycles. The standard InChI is InChI=1S/C70H70F2N4O/c1-42(2)35-59(47-18-12-11-13-19-47)67(73)75(53-31-27-48(28-32-53)69(8,9)10)55-33-34-56-60(39-55)70(49-20-15-22-51(71)37-49,50-21-16-23-52(72)38-50)61-40-62(64-57-24-14-17-46(7)65(57)77-66(64)63(56)61)76(54-29-25-44(5)26-30-54)68-58(43(3)4)36-45(6)41-74-68/h11-16,18-31,33-38,40-41,43,46,53,55H,17,32,39,73H2,1-10H3/b67-59-. The summed E-state index contributed by atoms with van der Waals surface area (Å²) in [4.78, 5) is 10.0. The van der Waals surface area contributed by atoms with Gasteiger partial charge < -0.3 is 15.1 Å². The van der Waals surface area contributed by atoms with Crippen LogP contribution in [-0.2, 0) is 5.41 Å². The number of anilines is 3. The van der Waals surface area contributed by atoms with Crippen LogP contribution in [0.25, 0.3) is 28.2 Å². The minimum Gasteiger partial charge on any atom is -0.459 e. The molecule has 0 radical (unpaired) electrons. The van der Waals surface area contributed by atoms with Crippen molar-refractivity contribution in [3.05, 3.63) is 254 Å². The van der Waals surface area contributed by atoms with E-state index in [-0.39, 0.29) is 41.0 Å². The Morgan fingerprint density at radius 2 is 1.49 bits per heavy atom. The molecule has 0 amide bonds. The minimum absolute atomic E-state index is 0.0374. The van der Waals surface area contributed by atoms with Crippen molar-refractivity contribution in [2.75, 3.05) is 4.90 Å². The summed E-state index contributed by atoms with van der Waals surface area (Å²) in [6, 6.07) is 37.0. The van der Waals surface area contributed by atoms with Crippen LogP contribution >= 0.6 is 0 Å². The van der Waals surface area contributed by atoms with Gasteiger partial charge in [0.15, 0.2) is 0 Å². The third-order valence-corrected chi connectivity index (χ3v) is 16.2. The van der Waals surface area contributed by atoms with Gasteiger partial charge in [0.2, 0.25) is 0 Å². The summed E-state index contributed by atoms with van der Waals surface area (Å²) in [5.74, 6) is 1.84. The van der Waals surface area contributed by atoms with Gasteiger partial charge in [-0.1, -0.05) is 174 Å². The third kappa shape index (κ3) is 9.01. The molecule has 7 aromatic rings. The fourth-order valence-electron chi connectivity index (χ4n) is 12.6. The highest BCUT2D eigenvalue weighted by molar-refractivity contribution is 6.11. The van der Waals surface area contributed by atoms with Crippen LogP contribution in [0.4, 0.5) is 26.0 Å². The van der Waals surface area contributed by atoms with Gasteiger partial charge in [-0.05, 0) is 151 Å². The zero-order valence-corrected chi connectivity index (χ0v) is 46.2. The van der Waals surface area contributed by atoms with E-state index in [4.69, 9.17) is 15.1 Å². The molecular weight excluding hydrogens is 951 g/mol. The van der Waals surface area contributed by atoms with Crippen molar-refractivity contribution in [1.29, 1.82) is 0 Å². The number of halogens is 2. The maximum Gasteiger partial charge on any atom is 0.145 e. The smallest absolute Gasteiger partial charge is 0.145 e. The van der Waals surface area contributed by atoms with Crippen LogP contribution in [0.1, 0.15) is 142 Å². The Kier molecular flexibility index (Phi) is 13.3. The SMILES string of the molecule is CC(C)=C/C(=C(\N)N(C1C=CC(C(C)(C)C)=CC1)C1C=CC2=C(C1)C(c1cccc(F)c1)(c1cccc(F)c1)c1cc(N(c3ccc(C)cc3)c3ncc(C)cc3C(C)C)c3c4c(oc3c12)C(C)CC=C4)c1ccccc1. The Balaban J connectivity index is 1.24. The Hall–Kier alpha value is -7.77. The molecule has 0 bridgehead atoms. The number of aromatic nitrogens is 1. The maximum absolute atomic E-state index is 16.5. The highest BCUT2D eigenvalue weighted by Crippen LogP contribution is 2.62. The lowest BCUT2D eigenvalue weighted by Crippen LogP contribution is -2.46. The van der Waals surface area contributed by atoms with Gasteiger partial charge in [0.1, 0.15) is 34.6 Å². The van der Waals surface area contributed by atoms with E-state index in [2.05, 4.69) is 188 Å². The second-order valence-electron chi connectivity index (χ2n) is 23.4. The van der Waals surface area contributed by atoms with Crippen molar-refractivity contribution < 1.29 is 13.2 Å². The van der Waals surface area contributed by atoms with E-state index in [0.717, 1.165) is 108 Å². The first-order valence-electron chi connectivity index (χ1n) is 27.4. The van der Waals surface area contributed by atoms with Crippen molar-refractivity contribution >= 4 is 45.4 Å². The van der Waals surface area contributed by atoms with E-state index < -0.39 is 5.41 Å². The molecule has 0 aliphatic heterocycles. The van der Waals surface area contributed by atoms with Gasteiger partial charge >= 0.3 is 0 Å². The number of hydrogen-bond acceptors (Lipinski definition) is 5. The number of fused-ring (bicyclic) bond motifs is 6. The predicted molar refractivity (Wildman–Crippen MR) is 315 cm³/mol. The lowest BCUT2D eigenvalue weighted by Gasteiger charge is -2.44. The molecule has 5 aromatic carbocycles. The Bertz CT molecular complexity index is 3640. The summed E-state index contributed by atoms with van der Waals surface area (Å²) in [5.41, 5.74) is 22.9. The van der Waals surface area contributed by atoms with Gasteiger partial charge in [-0.3, -0.25) is 4.90 Å². The van der Waals surface area contributed by atoms with Crippen molar-refractivity contribution in [3.8, 4) is 0 Å². The summed E-state index contributed by atoms with van der Waals surface area (Å²) in [7, 11) is 0. The Morgan fingerprint density at radius 3 is 2.12 bits per heavy atom. The van der Waals surface area contributed by atoms with E-state index in [1.54, 1.807) is 24.3 Å². The van der Waals surface area contributed by atoms with E-state index in [0.29, 0.717) is 23.4 Å². The van der Waals surface area contributed by atoms with Crippen molar-refractivity contribution in [1.82, 2.24) is 9.88 Å². The molecule has 2 heterocycles. The van der Waals surface area contributed by atoms with Gasteiger partial charge in [0.05, 0.1) is 28.6 Å². The van der Waals surface area contributed by atoms with Crippen LogP contribution in [0.2, 0.25) is 0 Å². The monoisotopic (exact) mass is 1020 g/mol. The van der Waals surface area contributed by atoms with Gasteiger partial charge in [-0.15, -0.1) is 0 Å². The van der Waals surface area contributed by atoms with E-state index in [1.165, 1.54) is 17.7 Å². The maximum atomic E-state index is 16.5. The Morgan fingerprint density at radius 1 is 0.805 bits per heavy atom. The number of nitrogens with zero attached hydrogens (tertiary/aromatic N) is 3. The fourth-order valence-corrected chi connectivity index (χ4v) is 12.6. The second kappa shape index (κ2) is 20.0. The molecule has 0 saturated carbocycles. The van der Waals surface area contributed by atoms with E-state index in [9.17, 15) is 0 Å². The number of benzene rings is 5. The third-order valence-electron chi connectivity index (χ3n) is 16.2. The molecule has 11 rings (SSSR count). The molecule has 3 atom stereocenters. The van der Waals surface area contributed by atoms with E-state index in [1.807, 2.05) is 24.4 Å². The van der Waals surface area contributed by atoms with Gasteiger partial charge in [-0.2, -0.15) is 0 Å². The zero-order chi connectivity index (χ0) is 54.1. The lowest BCUT2D eigenvalue weighted by molar-refractivity contribution is 0.238. The largest absolute Gasteiger partial charge is 0.459 e. The first-order chi connectivity index (χ1) is 36.9.